The summed E-state index contributed by atoms with van der Waals surface area (Å²) in [6.07, 6.45) is 0.751. The molecule has 2 rings (SSSR count). The SMILES string of the molecule is CCOc1c(OC)cc(C=O)cc1Oc1cccc(C)c1. The monoisotopic (exact) mass is 286 g/mol. The van der Waals surface area contributed by atoms with Crippen LogP contribution in [0.3, 0.4) is 0 Å². The standard InChI is InChI=1S/C17H18O4/c1-4-20-17-15(19-3)9-13(11-18)10-16(17)21-14-7-5-6-12(2)8-14/h5-11H,4H2,1-3H3. The van der Waals surface area contributed by atoms with E-state index >= 15 is 0 Å². The maximum absolute atomic E-state index is 11.1. The number of carbonyl (C=O) groups is 1. The number of methoxy groups -OCH3 is 1. The Kier molecular flexibility index (Phi) is 4.82. The summed E-state index contributed by atoms with van der Waals surface area (Å²) < 4.78 is 16.7. The average molecular weight is 286 g/mol. The van der Waals surface area contributed by atoms with Crippen LogP contribution < -0.4 is 14.2 Å². The predicted octanol–water partition coefficient (Wildman–Crippen LogP) is 4.01. The van der Waals surface area contributed by atoms with E-state index in [4.69, 9.17) is 14.2 Å². The van der Waals surface area contributed by atoms with Gasteiger partial charge in [0, 0.05) is 5.56 Å². The molecule has 2 aromatic carbocycles. The fourth-order valence-electron chi connectivity index (χ4n) is 1.98. The van der Waals surface area contributed by atoms with Gasteiger partial charge in [-0.05, 0) is 43.7 Å². The van der Waals surface area contributed by atoms with E-state index in [1.807, 2.05) is 38.1 Å². The molecule has 0 bridgehead atoms. The zero-order valence-electron chi connectivity index (χ0n) is 12.4. The molecule has 0 aliphatic heterocycles. The molecule has 4 heteroatoms. The van der Waals surface area contributed by atoms with Crippen LogP contribution in [-0.2, 0) is 0 Å². The maximum atomic E-state index is 11.1. The number of ether oxygens (including phenoxy) is 3. The molecule has 2 aromatic rings. The van der Waals surface area contributed by atoms with E-state index in [1.165, 1.54) is 7.11 Å². The summed E-state index contributed by atoms with van der Waals surface area (Å²) in [5.41, 5.74) is 1.56. The van der Waals surface area contributed by atoms with Gasteiger partial charge in [-0.15, -0.1) is 0 Å². The van der Waals surface area contributed by atoms with E-state index < -0.39 is 0 Å². The minimum absolute atomic E-state index is 0.462. The first-order chi connectivity index (χ1) is 10.2. The van der Waals surface area contributed by atoms with Crippen LogP contribution in [-0.4, -0.2) is 20.0 Å². The average Bonchev–Trinajstić information content (AvgIpc) is 2.49. The highest BCUT2D eigenvalue weighted by molar-refractivity contribution is 5.78. The normalized spacial score (nSPS) is 10.0. The molecule has 21 heavy (non-hydrogen) atoms. The topological polar surface area (TPSA) is 44.8 Å². The lowest BCUT2D eigenvalue weighted by Crippen LogP contribution is -1.99. The second-order valence-electron chi connectivity index (χ2n) is 4.52. The molecule has 0 aliphatic carbocycles. The van der Waals surface area contributed by atoms with Gasteiger partial charge in [-0.1, -0.05) is 12.1 Å². The van der Waals surface area contributed by atoms with Crippen LogP contribution >= 0.6 is 0 Å². The largest absolute Gasteiger partial charge is 0.493 e. The Morgan fingerprint density at radius 2 is 1.90 bits per heavy atom. The molecule has 0 radical (unpaired) electrons. The van der Waals surface area contributed by atoms with E-state index in [1.54, 1.807) is 12.1 Å². The zero-order chi connectivity index (χ0) is 15.2. The van der Waals surface area contributed by atoms with Gasteiger partial charge in [0.25, 0.3) is 0 Å². The molecule has 0 saturated carbocycles. The predicted molar refractivity (Wildman–Crippen MR) is 80.8 cm³/mol. The van der Waals surface area contributed by atoms with Crippen LogP contribution in [0.4, 0.5) is 0 Å². The van der Waals surface area contributed by atoms with Crippen LogP contribution in [0.5, 0.6) is 23.0 Å². The summed E-state index contributed by atoms with van der Waals surface area (Å²) in [7, 11) is 1.53. The van der Waals surface area contributed by atoms with Gasteiger partial charge in [-0.2, -0.15) is 0 Å². The van der Waals surface area contributed by atoms with E-state index in [0.29, 0.717) is 35.2 Å². The highest BCUT2D eigenvalue weighted by atomic mass is 16.5. The van der Waals surface area contributed by atoms with Crippen molar-refractivity contribution in [2.45, 2.75) is 13.8 Å². The van der Waals surface area contributed by atoms with E-state index in [2.05, 4.69) is 0 Å². The van der Waals surface area contributed by atoms with E-state index in [9.17, 15) is 4.79 Å². The Hall–Kier alpha value is -2.49. The first kappa shape index (κ1) is 14.9. The number of benzene rings is 2. The fourth-order valence-corrected chi connectivity index (χ4v) is 1.98. The summed E-state index contributed by atoms with van der Waals surface area (Å²) in [5, 5.41) is 0. The van der Waals surface area contributed by atoms with Crippen molar-refractivity contribution in [2.24, 2.45) is 0 Å². The quantitative estimate of drug-likeness (QED) is 0.753. The van der Waals surface area contributed by atoms with Crippen LogP contribution in [0.2, 0.25) is 0 Å². The molecule has 0 saturated heterocycles. The molecule has 0 spiro atoms. The van der Waals surface area contributed by atoms with Crippen molar-refractivity contribution in [2.75, 3.05) is 13.7 Å². The summed E-state index contributed by atoms with van der Waals surface area (Å²) in [5.74, 6) is 2.11. The molecule has 110 valence electrons. The maximum Gasteiger partial charge on any atom is 0.204 e. The number of hydrogen-bond donors (Lipinski definition) is 0. The number of carbonyl (C=O) groups excluding carboxylic acids is 1. The highest BCUT2D eigenvalue weighted by Crippen LogP contribution is 2.40. The summed E-state index contributed by atoms with van der Waals surface area (Å²) in [6.45, 7) is 4.34. The van der Waals surface area contributed by atoms with Crippen molar-refractivity contribution in [1.29, 1.82) is 0 Å². The lowest BCUT2D eigenvalue weighted by atomic mass is 10.2. The molecule has 0 fully saturated rings. The van der Waals surface area contributed by atoms with Crippen molar-refractivity contribution in [1.82, 2.24) is 0 Å². The van der Waals surface area contributed by atoms with Crippen molar-refractivity contribution < 1.29 is 19.0 Å². The van der Waals surface area contributed by atoms with Crippen molar-refractivity contribution in [3.05, 3.63) is 47.5 Å². The number of aryl methyl sites for hydroxylation is 1. The summed E-state index contributed by atoms with van der Waals surface area (Å²) >= 11 is 0. The van der Waals surface area contributed by atoms with E-state index in [0.717, 1.165) is 11.8 Å². The molecular formula is C17H18O4. The molecule has 0 amide bonds. The fraction of sp³-hybridized carbons (Fsp3) is 0.235. The summed E-state index contributed by atoms with van der Waals surface area (Å²) in [6, 6.07) is 10.9. The van der Waals surface area contributed by atoms with Crippen molar-refractivity contribution in [3.8, 4) is 23.0 Å². The van der Waals surface area contributed by atoms with Crippen molar-refractivity contribution in [3.63, 3.8) is 0 Å². The second kappa shape index (κ2) is 6.79. The number of rotatable bonds is 6. The van der Waals surface area contributed by atoms with Gasteiger partial charge >= 0.3 is 0 Å². The number of hydrogen-bond acceptors (Lipinski definition) is 4. The molecule has 0 unspecified atom stereocenters. The van der Waals surface area contributed by atoms with Gasteiger partial charge in [0.05, 0.1) is 13.7 Å². The second-order valence-corrected chi connectivity index (χ2v) is 4.52. The lowest BCUT2D eigenvalue weighted by Gasteiger charge is -2.15. The van der Waals surface area contributed by atoms with Crippen LogP contribution in [0.25, 0.3) is 0 Å². The molecule has 0 N–H and O–H groups in total. The third-order valence-electron chi connectivity index (χ3n) is 2.91. The minimum Gasteiger partial charge on any atom is -0.493 e. The molecular weight excluding hydrogens is 268 g/mol. The molecule has 0 aliphatic rings. The number of aldehydes is 1. The first-order valence-electron chi connectivity index (χ1n) is 6.72. The minimum atomic E-state index is 0.462. The van der Waals surface area contributed by atoms with Gasteiger partial charge in [0.15, 0.2) is 11.5 Å². The molecule has 0 atom stereocenters. The molecule has 0 aromatic heterocycles. The smallest absolute Gasteiger partial charge is 0.204 e. The Morgan fingerprint density at radius 1 is 1.14 bits per heavy atom. The van der Waals surface area contributed by atoms with Gasteiger partial charge in [-0.25, -0.2) is 0 Å². The van der Waals surface area contributed by atoms with Crippen molar-refractivity contribution >= 4 is 6.29 Å². The van der Waals surface area contributed by atoms with E-state index in [-0.39, 0.29) is 0 Å². The van der Waals surface area contributed by atoms with Gasteiger partial charge in [-0.3, -0.25) is 4.79 Å². The highest BCUT2D eigenvalue weighted by Gasteiger charge is 2.15. The van der Waals surface area contributed by atoms with Gasteiger partial charge in [0.1, 0.15) is 12.0 Å². The third-order valence-corrected chi connectivity index (χ3v) is 2.91. The lowest BCUT2D eigenvalue weighted by molar-refractivity contribution is 0.112. The Bertz CT molecular complexity index is 635. The van der Waals surface area contributed by atoms with Crippen LogP contribution in [0.1, 0.15) is 22.8 Å². The van der Waals surface area contributed by atoms with Gasteiger partial charge in [0.2, 0.25) is 5.75 Å². The molecule has 4 nitrogen and oxygen atoms in total. The van der Waals surface area contributed by atoms with Gasteiger partial charge < -0.3 is 14.2 Å². The van der Waals surface area contributed by atoms with Crippen LogP contribution in [0, 0.1) is 6.92 Å². The Labute approximate surface area is 124 Å². The zero-order valence-corrected chi connectivity index (χ0v) is 12.4. The Balaban J connectivity index is 2.46. The summed E-state index contributed by atoms with van der Waals surface area (Å²) in [4.78, 5) is 11.1. The first-order valence-corrected chi connectivity index (χ1v) is 6.72. The Morgan fingerprint density at radius 3 is 2.52 bits per heavy atom. The molecule has 0 heterocycles. The third kappa shape index (κ3) is 3.54. The van der Waals surface area contributed by atoms with Crippen LogP contribution in [0.15, 0.2) is 36.4 Å².